The first kappa shape index (κ1) is 33.1. The topological polar surface area (TPSA) is 241 Å². The summed E-state index contributed by atoms with van der Waals surface area (Å²) in [4.78, 5) is 54.0. The summed E-state index contributed by atoms with van der Waals surface area (Å²) in [7, 11) is 0. The van der Waals surface area contributed by atoms with E-state index in [9.17, 15) is 24.3 Å². The molecule has 0 aromatic heterocycles. The Morgan fingerprint density at radius 3 is 1.94 bits per heavy atom. The lowest BCUT2D eigenvalue weighted by molar-refractivity contribution is -0.143. The number of carboxylic acid groups (broad SMARTS) is 1. The highest BCUT2D eigenvalue weighted by Crippen LogP contribution is 2.10. The van der Waals surface area contributed by atoms with Crippen molar-refractivity contribution in [2.75, 3.05) is 13.1 Å². The van der Waals surface area contributed by atoms with Crippen LogP contribution in [0.1, 0.15) is 66.2 Å². The first-order valence-corrected chi connectivity index (χ1v) is 12.4. The lowest BCUT2D eigenvalue weighted by atomic mass is 9.99. The van der Waals surface area contributed by atoms with Crippen molar-refractivity contribution < 1.29 is 24.3 Å². The van der Waals surface area contributed by atoms with Crippen molar-refractivity contribution in [2.24, 2.45) is 39.8 Å². The Morgan fingerprint density at radius 1 is 0.833 bits per heavy atom. The van der Waals surface area contributed by atoms with Gasteiger partial charge in [0.25, 0.3) is 0 Å². The molecule has 0 aliphatic rings. The number of hydrogen-bond donors (Lipinski definition) is 8. The number of guanidine groups is 1. The molecular formula is C23H46N8O5. The van der Waals surface area contributed by atoms with E-state index >= 15 is 0 Å². The minimum absolute atomic E-state index is 0.0457. The van der Waals surface area contributed by atoms with Gasteiger partial charge in [-0.05, 0) is 56.9 Å². The second-order valence-electron chi connectivity index (χ2n) is 9.66. The van der Waals surface area contributed by atoms with Crippen LogP contribution in [0.25, 0.3) is 0 Å². The minimum atomic E-state index is -1.15. The van der Waals surface area contributed by atoms with Crippen LogP contribution >= 0.6 is 0 Å². The van der Waals surface area contributed by atoms with Crippen LogP contribution in [0.3, 0.4) is 0 Å². The molecule has 36 heavy (non-hydrogen) atoms. The molecule has 0 saturated carbocycles. The molecule has 0 aliphatic carbocycles. The van der Waals surface area contributed by atoms with Crippen LogP contribution in [0.2, 0.25) is 0 Å². The number of carbonyl (C=O) groups excluding carboxylic acids is 3. The van der Waals surface area contributed by atoms with Gasteiger partial charge in [0.15, 0.2) is 5.96 Å². The summed E-state index contributed by atoms with van der Waals surface area (Å²) in [5.74, 6) is -3.16. The Morgan fingerprint density at radius 2 is 1.44 bits per heavy atom. The fraction of sp³-hybridized carbons (Fsp3) is 0.783. The molecule has 13 nitrogen and oxygen atoms in total. The molecule has 13 heteroatoms. The first-order valence-electron chi connectivity index (χ1n) is 12.4. The van der Waals surface area contributed by atoms with Crippen LogP contribution in [0.15, 0.2) is 4.99 Å². The Bertz CT molecular complexity index is 740. The van der Waals surface area contributed by atoms with Crippen LogP contribution in [0, 0.1) is 11.8 Å². The minimum Gasteiger partial charge on any atom is -0.480 e. The molecular weight excluding hydrogens is 468 g/mol. The van der Waals surface area contributed by atoms with Gasteiger partial charge in [0.1, 0.15) is 18.1 Å². The zero-order chi connectivity index (χ0) is 27.8. The maximum absolute atomic E-state index is 13.1. The predicted molar refractivity (Wildman–Crippen MR) is 139 cm³/mol. The molecule has 0 aromatic rings. The average molecular weight is 515 g/mol. The van der Waals surface area contributed by atoms with E-state index in [-0.39, 0.29) is 24.2 Å². The van der Waals surface area contributed by atoms with E-state index in [1.54, 1.807) is 13.8 Å². The van der Waals surface area contributed by atoms with Gasteiger partial charge >= 0.3 is 5.97 Å². The van der Waals surface area contributed by atoms with Crippen molar-refractivity contribution in [3.63, 3.8) is 0 Å². The fourth-order valence-electron chi connectivity index (χ4n) is 3.43. The molecule has 4 unspecified atom stereocenters. The number of hydrogen-bond acceptors (Lipinski definition) is 7. The summed E-state index contributed by atoms with van der Waals surface area (Å²) in [6.45, 7) is 7.92. The van der Waals surface area contributed by atoms with Crippen LogP contribution in [0.5, 0.6) is 0 Å². The number of unbranched alkanes of at least 4 members (excludes halogenated alkanes) is 1. The van der Waals surface area contributed by atoms with E-state index in [0.717, 1.165) is 0 Å². The smallest absolute Gasteiger partial charge is 0.326 e. The molecule has 0 radical (unpaired) electrons. The molecule has 0 aliphatic heterocycles. The normalized spacial score (nSPS) is 14.4. The highest BCUT2D eigenvalue weighted by Gasteiger charge is 2.32. The van der Waals surface area contributed by atoms with Crippen molar-refractivity contribution in [1.82, 2.24) is 16.0 Å². The number of aliphatic carboxylic acids is 1. The summed E-state index contributed by atoms with van der Waals surface area (Å²) < 4.78 is 0. The van der Waals surface area contributed by atoms with Gasteiger partial charge in [-0.25, -0.2) is 4.79 Å². The summed E-state index contributed by atoms with van der Waals surface area (Å²) in [6, 6.07) is -3.88. The Hall–Kier alpha value is -2.93. The van der Waals surface area contributed by atoms with Crippen LogP contribution in [-0.2, 0) is 19.2 Å². The van der Waals surface area contributed by atoms with Gasteiger partial charge < -0.3 is 44.0 Å². The maximum atomic E-state index is 13.1. The third-order valence-corrected chi connectivity index (χ3v) is 5.45. The van der Waals surface area contributed by atoms with E-state index in [1.807, 2.05) is 13.8 Å². The van der Waals surface area contributed by atoms with E-state index in [2.05, 4.69) is 20.9 Å². The predicted octanol–water partition coefficient (Wildman–Crippen LogP) is -1.26. The summed E-state index contributed by atoms with van der Waals surface area (Å²) >= 11 is 0. The fourth-order valence-corrected chi connectivity index (χ4v) is 3.43. The third-order valence-electron chi connectivity index (χ3n) is 5.45. The average Bonchev–Trinajstić information content (AvgIpc) is 2.77. The number of nitrogens with two attached hydrogens (primary N) is 4. The quantitative estimate of drug-likeness (QED) is 0.0617. The van der Waals surface area contributed by atoms with E-state index < -0.39 is 47.9 Å². The largest absolute Gasteiger partial charge is 0.480 e. The number of rotatable bonds is 18. The van der Waals surface area contributed by atoms with Crippen molar-refractivity contribution in [3.05, 3.63) is 0 Å². The lowest BCUT2D eigenvalue weighted by Crippen LogP contribution is -2.58. The van der Waals surface area contributed by atoms with Crippen molar-refractivity contribution in [3.8, 4) is 0 Å². The Balaban J connectivity index is 5.35. The van der Waals surface area contributed by atoms with Crippen molar-refractivity contribution in [1.29, 1.82) is 0 Å². The molecule has 0 bridgehead atoms. The third kappa shape index (κ3) is 13.8. The molecule has 3 amide bonds. The molecule has 0 saturated heterocycles. The lowest BCUT2D eigenvalue weighted by Gasteiger charge is -2.27. The van der Waals surface area contributed by atoms with Crippen LogP contribution < -0.4 is 38.9 Å². The molecule has 0 aromatic carbocycles. The van der Waals surface area contributed by atoms with Gasteiger partial charge in [-0.1, -0.05) is 27.7 Å². The molecule has 4 atom stereocenters. The van der Waals surface area contributed by atoms with Crippen LogP contribution in [-0.4, -0.2) is 72.0 Å². The second-order valence-corrected chi connectivity index (χ2v) is 9.66. The van der Waals surface area contributed by atoms with Crippen LogP contribution in [0.4, 0.5) is 0 Å². The number of aliphatic imine (C=N–C) groups is 1. The number of nitrogens with zero attached hydrogens (tertiary/aromatic N) is 1. The number of carboxylic acids is 1. The zero-order valence-corrected chi connectivity index (χ0v) is 22.0. The van der Waals surface area contributed by atoms with Gasteiger partial charge in [0.2, 0.25) is 17.7 Å². The summed E-state index contributed by atoms with van der Waals surface area (Å²) in [5.41, 5.74) is 22.1. The second kappa shape index (κ2) is 17.5. The van der Waals surface area contributed by atoms with Crippen molar-refractivity contribution in [2.45, 2.75) is 90.4 Å². The monoisotopic (exact) mass is 514 g/mol. The Kier molecular flexibility index (Phi) is 16.1. The molecule has 0 rings (SSSR count). The van der Waals surface area contributed by atoms with Crippen molar-refractivity contribution >= 4 is 29.7 Å². The summed E-state index contributed by atoms with van der Waals surface area (Å²) in [6.07, 6.45) is 2.55. The van der Waals surface area contributed by atoms with E-state index in [0.29, 0.717) is 45.2 Å². The molecule has 0 heterocycles. The maximum Gasteiger partial charge on any atom is 0.326 e. The van der Waals surface area contributed by atoms with Gasteiger partial charge in [0.05, 0.1) is 6.04 Å². The van der Waals surface area contributed by atoms with E-state index in [1.165, 1.54) is 0 Å². The standard InChI is InChI=1S/C23H46N8O5/c1-13(2)12-17(22(35)36)30-21(34)18(14(3)4)31-20(33)16(9-5-6-10-24)29-19(32)15(25)8-7-11-28-23(26)27/h13-18H,5-12,24-25H2,1-4H3,(H,29,32)(H,30,34)(H,31,33)(H,35,36)(H4,26,27,28). The molecule has 208 valence electrons. The van der Waals surface area contributed by atoms with Gasteiger partial charge in [0, 0.05) is 6.54 Å². The first-order chi connectivity index (χ1) is 16.8. The summed E-state index contributed by atoms with van der Waals surface area (Å²) in [5, 5.41) is 17.3. The highest BCUT2D eigenvalue weighted by atomic mass is 16.4. The molecule has 0 fully saturated rings. The number of carbonyl (C=O) groups is 4. The van der Waals surface area contributed by atoms with Gasteiger partial charge in [-0.3, -0.25) is 19.4 Å². The zero-order valence-electron chi connectivity index (χ0n) is 22.0. The van der Waals surface area contributed by atoms with E-state index in [4.69, 9.17) is 22.9 Å². The van der Waals surface area contributed by atoms with Gasteiger partial charge in [-0.15, -0.1) is 0 Å². The number of amides is 3. The Labute approximate surface area is 213 Å². The SMILES string of the molecule is CC(C)CC(NC(=O)C(NC(=O)C(CCCCN)NC(=O)C(N)CCCN=C(N)N)C(C)C)C(=O)O. The van der Waals surface area contributed by atoms with Gasteiger partial charge in [-0.2, -0.15) is 0 Å². The highest BCUT2D eigenvalue weighted by molar-refractivity contribution is 5.94. The number of nitrogens with one attached hydrogen (secondary N) is 3. The molecule has 12 N–H and O–H groups in total. The molecule has 0 spiro atoms.